The summed E-state index contributed by atoms with van der Waals surface area (Å²) in [5, 5.41) is 3.40. The minimum Gasteiger partial charge on any atom is -0.376 e. The smallest absolute Gasteiger partial charge is 0.0803 e. The number of hydrogen-bond donors (Lipinski definition) is 1. The minimum absolute atomic E-state index is 0.315. The third-order valence-electron chi connectivity index (χ3n) is 3.27. The second-order valence-electron chi connectivity index (χ2n) is 4.47. The van der Waals surface area contributed by atoms with Crippen LogP contribution in [0.15, 0.2) is 9.85 Å². The average molecular weight is 304 g/mol. The van der Waals surface area contributed by atoms with E-state index in [0.717, 1.165) is 6.61 Å². The lowest BCUT2D eigenvalue weighted by Gasteiger charge is -2.24. The van der Waals surface area contributed by atoms with Crippen molar-refractivity contribution in [3.63, 3.8) is 0 Å². The van der Waals surface area contributed by atoms with Crippen LogP contribution in [0.5, 0.6) is 0 Å². The van der Waals surface area contributed by atoms with Crippen LogP contribution in [0.25, 0.3) is 0 Å². The van der Waals surface area contributed by atoms with Gasteiger partial charge in [0.15, 0.2) is 0 Å². The molecule has 1 aromatic rings. The summed E-state index contributed by atoms with van der Waals surface area (Å²) >= 11 is 5.40. The van der Waals surface area contributed by atoms with Crippen molar-refractivity contribution in [3.8, 4) is 0 Å². The Morgan fingerprint density at radius 1 is 1.62 bits per heavy atom. The van der Waals surface area contributed by atoms with Crippen LogP contribution in [0.4, 0.5) is 0 Å². The van der Waals surface area contributed by atoms with Crippen molar-refractivity contribution >= 4 is 27.3 Å². The molecule has 2 heterocycles. The van der Waals surface area contributed by atoms with E-state index >= 15 is 0 Å². The first-order chi connectivity index (χ1) is 7.63. The fraction of sp³-hybridized carbons (Fsp3) is 0.667. The van der Waals surface area contributed by atoms with Gasteiger partial charge in [0, 0.05) is 11.5 Å². The Balaban J connectivity index is 2.21. The topological polar surface area (TPSA) is 21.3 Å². The van der Waals surface area contributed by atoms with Crippen molar-refractivity contribution in [2.24, 2.45) is 5.92 Å². The van der Waals surface area contributed by atoms with E-state index in [1.54, 1.807) is 0 Å². The maximum absolute atomic E-state index is 5.85. The zero-order valence-electron chi connectivity index (χ0n) is 9.92. The van der Waals surface area contributed by atoms with Gasteiger partial charge in [0.2, 0.25) is 0 Å². The molecule has 0 spiro atoms. The molecule has 0 saturated carbocycles. The minimum atomic E-state index is 0.315. The predicted molar refractivity (Wildman–Crippen MR) is 72.1 cm³/mol. The van der Waals surface area contributed by atoms with Crippen molar-refractivity contribution in [1.29, 1.82) is 0 Å². The van der Waals surface area contributed by atoms with Crippen LogP contribution in [-0.4, -0.2) is 19.8 Å². The lowest BCUT2D eigenvalue weighted by Crippen LogP contribution is -2.31. The molecule has 0 radical (unpaired) electrons. The zero-order valence-corrected chi connectivity index (χ0v) is 12.3. The van der Waals surface area contributed by atoms with Crippen molar-refractivity contribution < 1.29 is 4.74 Å². The number of ether oxygens (including phenoxy) is 1. The molecule has 0 bridgehead atoms. The second kappa shape index (κ2) is 5.17. The molecule has 2 nitrogen and oxygen atoms in total. The Labute approximate surface area is 110 Å². The van der Waals surface area contributed by atoms with Gasteiger partial charge in [-0.3, -0.25) is 0 Å². The normalized spacial score (nSPS) is 27.2. The van der Waals surface area contributed by atoms with Crippen LogP contribution in [0, 0.1) is 12.8 Å². The first kappa shape index (κ1) is 12.6. The van der Waals surface area contributed by atoms with Gasteiger partial charge in [0.25, 0.3) is 0 Å². The highest BCUT2D eigenvalue weighted by Crippen LogP contribution is 2.37. The molecule has 2 rings (SSSR count). The molecular formula is C12H18BrNOS. The Morgan fingerprint density at radius 2 is 2.38 bits per heavy atom. The van der Waals surface area contributed by atoms with Crippen LogP contribution < -0.4 is 5.32 Å². The number of aryl methyl sites for hydroxylation is 1. The van der Waals surface area contributed by atoms with E-state index in [-0.39, 0.29) is 0 Å². The highest BCUT2D eigenvalue weighted by atomic mass is 79.9. The lowest BCUT2D eigenvalue weighted by atomic mass is 9.96. The summed E-state index contributed by atoms with van der Waals surface area (Å²) in [4.78, 5) is 1.37. The molecule has 16 heavy (non-hydrogen) atoms. The number of halogens is 1. The molecule has 1 saturated heterocycles. The van der Waals surface area contributed by atoms with E-state index in [2.05, 4.69) is 41.2 Å². The van der Waals surface area contributed by atoms with Gasteiger partial charge in [-0.1, -0.05) is 6.92 Å². The Bertz CT molecular complexity index is 346. The molecule has 0 aliphatic carbocycles. The highest BCUT2D eigenvalue weighted by Gasteiger charge is 2.33. The second-order valence-corrected chi connectivity index (χ2v) is 6.87. The molecular weight excluding hydrogens is 286 g/mol. The first-order valence-corrected chi connectivity index (χ1v) is 7.29. The van der Waals surface area contributed by atoms with Gasteiger partial charge in [-0.05, 0) is 53.9 Å². The summed E-state index contributed by atoms with van der Waals surface area (Å²) < 4.78 is 7.08. The lowest BCUT2D eigenvalue weighted by molar-refractivity contribution is 0.0641. The fourth-order valence-electron chi connectivity index (χ4n) is 2.25. The molecule has 0 amide bonds. The maximum atomic E-state index is 5.85. The number of nitrogens with one attached hydrogen (secondary N) is 1. The molecule has 90 valence electrons. The SMILES string of the molecule is CNC(c1cc(C)c(Br)s1)C1OCCC1C. The summed E-state index contributed by atoms with van der Waals surface area (Å²) in [6.45, 7) is 5.31. The van der Waals surface area contributed by atoms with Gasteiger partial charge < -0.3 is 10.1 Å². The van der Waals surface area contributed by atoms with E-state index < -0.39 is 0 Å². The molecule has 1 fully saturated rings. The van der Waals surface area contributed by atoms with Crippen molar-refractivity contribution in [2.75, 3.05) is 13.7 Å². The molecule has 1 aromatic heterocycles. The van der Waals surface area contributed by atoms with Gasteiger partial charge in [0.1, 0.15) is 0 Å². The third kappa shape index (κ3) is 2.35. The van der Waals surface area contributed by atoms with E-state index in [1.807, 2.05) is 18.4 Å². The summed E-state index contributed by atoms with van der Waals surface area (Å²) in [6.07, 6.45) is 1.49. The van der Waals surface area contributed by atoms with Crippen molar-refractivity contribution in [1.82, 2.24) is 5.32 Å². The quantitative estimate of drug-likeness (QED) is 0.923. The summed E-state index contributed by atoms with van der Waals surface area (Å²) in [5.41, 5.74) is 1.31. The average Bonchev–Trinajstić information content (AvgIpc) is 2.78. The monoisotopic (exact) mass is 303 g/mol. The predicted octanol–water partition coefficient (Wildman–Crippen LogP) is 3.50. The largest absolute Gasteiger partial charge is 0.376 e. The zero-order chi connectivity index (χ0) is 11.7. The molecule has 0 aromatic carbocycles. The number of likely N-dealkylation sites (N-methyl/N-ethyl adjacent to an activating group) is 1. The molecule has 1 aliphatic rings. The number of hydrogen-bond acceptors (Lipinski definition) is 3. The van der Waals surface area contributed by atoms with Gasteiger partial charge in [-0.15, -0.1) is 11.3 Å². The standard InChI is InChI=1S/C12H18BrNOS/c1-7-4-5-15-11(7)10(14-3)9-6-8(2)12(13)16-9/h6-7,10-11,14H,4-5H2,1-3H3. The third-order valence-corrected chi connectivity index (χ3v) is 5.49. The van der Waals surface area contributed by atoms with Gasteiger partial charge in [-0.25, -0.2) is 0 Å². The Morgan fingerprint density at radius 3 is 2.81 bits per heavy atom. The number of thiophene rings is 1. The van der Waals surface area contributed by atoms with Crippen molar-refractivity contribution in [2.45, 2.75) is 32.4 Å². The Kier molecular flexibility index (Phi) is 4.06. The first-order valence-electron chi connectivity index (χ1n) is 5.68. The van der Waals surface area contributed by atoms with Crippen LogP contribution >= 0.6 is 27.3 Å². The fourth-order valence-corrected chi connectivity index (χ4v) is 3.97. The van der Waals surface area contributed by atoms with Gasteiger partial charge in [0.05, 0.1) is 15.9 Å². The highest BCUT2D eigenvalue weighted by molar-refractivity contribution is 9.11. The van der Waals surface area contributed by atoms with Crippen LogP contribution in [0.1, 0.15) is 29.8 Å². The summed E-state index contributed by atoms with van der Waals surface area (Å²) in [5.74, 6) is 0.638. The maximum Gasteiger partial charge on any atom is 0.0803 e. The van der Waals surface area contributed by atoms with E-state index in [4.69, 9.17) is 4.74 Å². The molecule has 1 aliphatic heterocycles. The van der Waals surface area contributed by atoms with E-state index in [9.17, 15) is 0 Å². The van der Waals surface area contributed by atoms with E-state index in [1.165, 1.54) is 20.6 Å². The Hall–Kier alpha value is 0.1000. The molecule has 3 unspecified atom stereocenters. The summed E-state index contributed by atoms with van der Waals surface area (Å²) in [6, 6.07) is 2.58. The van der Waals surface area contributed by atoms with Gasteiger partial charge in [-0.2, -0.15) is 0 Å². The molecule has 3 atom stereocenters. The number of rotatable bonds is 3. The van der Waals surface area contributed by atoms with Crippen LogP contribution in [0.2, 0.25) is 0 Å². The van der Waals surface area contributed by atoms with Gasteiger partial charge >= 0.3 is 0 Å². The summed E-state index contributed by atoms with van der Waals surface area (Å²) in [7, 11) is 2.02. The molecule has 4 heteroatoms. The van der Waals surface area contributed by atoms with Crippen LogP contribution in [0.3, 0.4) is 0 Å². The van der Waals surface area contributed by atoms with E-state index in [0.29, 0.717) is 18.1 Å². The molecule has 1 N–H and O–H groups in total. The van der Waals surface area contributed by atoms with Crippen LogP contribution in [-0.2, 0) is 4.74 Å². The van der Waals surface area contributed by atoms with Crippen molar-refractivity contribution in [3.05, 3.63) is 20.3 Å².